The Bertz CT molecular complexity index is 279. The van der Waals surface area contributed by atoms with Crippen LogP contribution >= 0.6 is 0 Å². The molecule has 52 valence electrons. The molecule has 2 rings (SSSR count). The van der Waals surface area contributed by atoms with Crippen molar-refractivity contribution < 1.29 is 9.13 Å². The molecule has 0 unspecified atom stereocenters. The summed E-state index contributed by atoms with van der Waals surface area (Å²) in [6, 6.07) is -0.559. The number of nitrogens with zero attached hydrogens (tertiary/aromatic N) is 1. The molecule has 3 nitrogen and oxygen atoms in total. The molecule has 0 radical (unpaired) electrons. The van der Waals surface area contributed by atoms with Gasteiger partial charge in [0.25, 0.3) is 6.01 Å². The topological polar surface area (TPSA) is 37.9 Å². The third-order valence-corrected chi connectivity index (χ3v) is 1.36. The Balaban J connectivity index is 2.39. The highest BCUT2D eigenvalue weighted by Gasteiger charge is 2.12. The number of ether oxygens (including phenoxy) is 1. The maximum absolute atomic E-state index is 12.3. The van der Waals surface area contributed by atoms with Crippen molar-refractivity contribution in [3.63, 3.8) is 0 Å². The highest BCUT2D eigenvalue weighted by Crippen LogP contribution is 2.22. The summed E-state index contributed by atoms with van der Waals surface area (Å²) in [7, 11) is 0. The van der Waals surface area contributed by atoms with Crippen LogP contribution in [-0.4, -0.2) is 10.2 Å². The fourth-order valence-electron chi connectivity index (χ4n) is 0.862. The second kappa shape index (κ2) is 1.83. The van der Waals surface area contributed by atoms with Crippen molar-refractivity contribution in [3.05, 3.63) is 23.8 Å². The van der Waals surface area contributed by atoms with Crippen LogP contribution in [-0.2, 0) is 6.42 Å². The van der Waals surface area contributed by atoms with Gasteiger partial charge in [0.15, 0.2) is 0 Å². The highest BCUT2D eigenvalue weighted by atomic mass is 19.1. The standard InChI is InChI=1S/C6H5FN2O/c7-5-2-1-4-3-8-9-6(4)10-5/h2-3H,1H2,(H,8,9). The monoisotopic (exact) mass is 140 g/mol. The molecule has 10 heavy (non-hydrogen) atoms. The molecule has 1 aromatic rings. The number of rotatable bonds is 0. The molecular formula is C6H5FN2O. The van der Waals surface area contributed by atoms with E-state index in [1.54, 1.807) is 6.20 Å². The van der Waals surface area contributed by atoms with Crippen LogP contribution in [0.4, 0.5) is 4.39 Å². The molecule has 0 saturated carbocycles. The molecule has 1 aliphatic rings. The van der Waals surface area contributed by atoms with Gasteiger partial charge in [0.1, 0.15) is 0 Å². The third-order valence-electron chi connectivity index (χ3n) is 1.36. The molecule has 1 aliphatic heterocycles. The van der Waals surface area contributed by atoms with E-state index in [2.05, 4.69) is 14.9 Å². The van der Waals surface area contributed by atoms with E-state index in [1.807, 2.05) is 0 Å². The number of hydrogen-bond acceptors (Lipinski definition) is 2. The van der Waals surface area contributed by atoms with Crippen LogP contribution in [0.3, 0.4) is 0 Å². The van der Waals surface area contributed by atoms with E-state index in [0.717, 1.165) is 5.56 Å². The van der Waals surface area contributed by atoms with Crippen LogP contribution in [0.2, 0.25) is 0 Å². The largest absolute Gasteiger partial charge is 0.413 e. The number of aromatic nitrogens is 2. The number of nitrogens with one attached hydrogen (secondary N) is 1. The predicted octanol–water partition coefficient (Wildman–Crippen LogP) is 1.16. The van der Waals surface area contributed by atoms with Gasteiger partial charge in [0, 0.05) is 12.0 Å². The summed E-state index contributed by atoms with van der Waals surface area (Å²) in [5, 5.41) is 6.22. The molecule has 4 heteroatoms. The summed E-state index contributed by atoms with van der Waals surface area (Å²) in [5.74, 6) is 0.417. The lowest BCUT2D eigenvalue weighted by Crippen LogP contribution is -1.98. The summed E-state index contributed by atoms with van der Waals surface area (Å²) in [5.41, 5.74) is 0.890. The number of H-pyrrole nitrogens is 1. The van der Waals surface area contributed by atoms with Gasteiger partial charge < -0.3 is 4.74 Å². The molecule has 0 aliphatic carbocycles. The molecule has 1 N–H and O–H groups in total. The Hall–Kier alpha value is -1.32. The average molecular weight is 140 g/mol. The minimum Gasteiger partial charge on any atom is -0.413 e. The van der Waals surface area contributed by atoms with Gasteiger partial charge in [0.05, 0.1) is 6.20 Å². The lowest BCUT2D eigenvalue weighted by atomic mass is 10.2. The van der Waals surface area contributed by atoms with Gasteiger partial charge >= 0.3 is 0 Å². The van der Waals surface area contributed by atoms with Gasteiger partial charge in [-0.2, -0.15) is 9.49 Å². The molecule has 0 atom stereocenters. The summed E-state index contributed by atoms with van der Waals surface area (Å²) in [6.07, 6.45) is 3.55. The van der Waals surface area contributed by atoms with E-state index >= 15 is 0 Å². The zero-order valence-electron chi connectivity index (χ0n) is 5.10. The lowest BCUT2D eigenvalue weighted by Gasteiger charge is -2.05. The van der Waals surface area contributed by atoms with Gasteiger partial charge in [-0.3, -0.25) is 0 Å². The van der Waals surface area contributed by atoms with Crippen molar-refractivity contribution in [2.24, 2.45) is 0 Å². The fourth-order valence-corrected chi connectivity index (χ4v) is 0.862. The summed E-state index contributed by atoms with van der Waals surface area (Å²) in [4.78, 5) is 0. The summed E-state index contributed by atoms with van der Waals surface area (Å²) < 4.78 is 17.0. The molecule has 2 heterocycles. The maximum Gasteiger partial charge on any atom is 0.275 e. The first-order valence-electron chi connectivity index (χ1n) is 2.92. The first-order valence-corrected chi connectivity index (χ1v) is 2.92. The van der Waals surface area contributed by atoms with Crippen LogP contribution in [0.5, 0.6) is 5.88 Å². The quantitative estimate of drug-likeness (QED) is 0.587. The molecule has 1 aromatic heterocycles. The van der Waals surface area contributed by atoms with Crippen molar-refractivity contribution in [2.75, 3.05) is 0 Å². The predicted molar refractivity (Wildman–Crippen MR) is 32.1 cm³/mol. The Morgan fingerprint density at radius 1 is 1.70 bits per heavy atom. The van der Waals surface area contributed by atoms with Gasteiger partial charge in [-0.1, -0.05) is 0 Å². The molecular weight excluding hydrogens is 135 g/mol. The average Bonchev–Trinajstić information content (AvgIpc) is 2.33. The van der Waals surface area contributed by atoms with E-state index in [4.69, 9.17) is 0 Å². The van der Waals surface area contributed by atoms with Crippen molar-refractivity contribution in [2.45, 2.75) is 6.42 Å². The van der Waals surface area contributed by atoms with Gasteiger partial charge in [-0.05, 0) is 6.08 Å². The van der Waals surface area contributed by atoms with E-state index in [-0.39, 0.29) is 0 Å². The highest BCUT2D eigenvalue weighted by molar-refractivity contribution is 5.29. The summed E-state index contributed by atoms with van der Waals surface area (Å²) in [6.45, 7) is 0. The lowest BCUT2D eigenvalue weighted by molar-refractivity contribution is 0.281. The molecule has 0 aromatic carbocycles. The van der Waals surface area contributed by atoms with Crippen LogP contribution in [0, 0.1) is 0 Å². The molecule has 0 amide bonds. The maximum atomic E-state index is 12.3. The number of hydrogen-bond donors (Lipinski definition) is 1. The number of fused-ring (bicyclic) bond motifs is 1. The smallest absolute Gasteiger partial charge is 0.275 e. The van der Waals surface area contributed by atoms with Crippen molar-refractivity contribution >= 4 is 0 Å². The Kier molecular flexibility index (Phi) is 1.00. The van der Waals surface area contributed by atoms with Gasteiger partial charge in [-0.25, -0.2) is 5.10 Å². The van der Waals surface area contributed by atoms with Gasteiger partial charge in [0.2, 0.25) is 5.88 Å². The van der Waals surface area contributed by atoms with Crippen LogP contribution in [0.15, 0.2) is 18.3 Å². The van der Waals surface area contributed by atoms with E-state index in [9.17, 15) is 4.39 Å². The number of aromatic amines is 1. The fraction of sp³-hybridized carbons (Fsp3) is 0.167. The first kappa shape index (κ1) is 5.46. The minimum absolute atomic E-state index is 0.417. The normalized spacial score (nSPS) is 15.5. The Morgan fingerprint density at radius 2 is 2.60 bits per heavy atom. The van der Waals surface area contributed by atoms with Crippen molar-refractivity contribution in [1.82, 2.24) is 10.2 Å². The summed E-state index contributed by atoms with van der Waals surface area (Å²) >= 11 is 0. The molecule has 0 saturated heterocycles. The molecule has 0 spiro atoms. The van der Waals surface area contributed by atoms with Crippen LogP contribution in [0.25, 0.3) is 0 Å². The zero-order valence-corrected chi connectivity index (χ0v) is 5.10. The number of allylic oxidation sites excluding steroid dienone is 1. The van der Waals surface area contributed by atoms with E-state index in [0.29, 0.717) is 12.3 Å². The van der Waals surface area contributed by atoms with Crippen LogP contribution in [0.1, 0.15) is 5.56 Å². The second-order valence-corrected chi connectivity index (χ2v) is 2.04. The molecule has 0 bridgehead atoms. The van der Waals surface area contributed by atoms with Gasteiger partial charge in [-0.15, -0.1) is 0 Å². The minimum atomic E-state index is -0.559. The van der Waals surface area contributed by atoms with Crippen LogP contribution < -0.4 is 4.74 Å². The zero-order chi connectivity index (χ0) is 6.97. The van der Waals surface area contributed by atoms with Crippen molar-refractivity contribution in [3.8, 4) is 5.88 Å². The third kappa shape index (κ3) is 0.689. The Labute approximate surface area is 56.5 Å². The number of halogens is 1. The van der Waals surface area contributed by atoms with Crippen molar-refractivity contribution in [1.29, 1.82) is 0 Å². The Morgan fingerprint density at radius 3 is 3.50 bits per heavy atom. The second-order valence-electron chi connectivity index (χ2n) is 2.04. The molecule has 0 fully saturated rings. The van der Waals surface area contributed by atoms with E-state index in [1.165, 1.54) is 6.08 Å². The first-order chi connectivity index (χ1) is 4.86. The van der Waals surface area contributed by atoms with E-state index < -0.39 is 6.01 Å². The SMILES string of the molecule is FC1=CCc2cn[nH]c2O1.